The van der Waals surface area contributed by atoms with Gasteiger partial charge >= 0.3 is 0 Å². The molecular weight excluding hydrogens is 333 g/mol. The van der Waals surface area contributed by atoms with Gasteiger partial charge in [0.2, 0.25) is 0 Å². The quantitative estimate of drug-likeness (QED) is 0.799. The summed E-state index contributed by atoms with van der Waals surface area (Å²) >= 11 is 6.01. The van der Waals surface area contributed by atoms with Gasteiger partial charge in [-0.15, -0.1) is 24.8 Å². The molecule has 0 spiro atoms. The first-order valence-corrected chi connectivity index (χ1v) is 6.92. The van der Waals surface area contributed by atoms with E-state index in [-0.39, 0.29) is 30.7 Å². The smallest absolute Gasteiger partial charge is 0.252 e. The molecule has 1 atom stereocenters. The lowest BCUT2D eigenvalue weighted by Crippen LogP contribution is -2.41. The van der Waals surface area contributed by atoms with E-state index in [1.165, 1.54) is 12.8 Å². The number of hydrogen-bond donors (Lipinski definition) is 2. The summed E-state index contributed by atoms with van der Waals surface area (Å²) in [7, 11) is 2.10. The van der Waals surface area contributed by atoms with Gasteiger partial charge in [-0.25, -0.2) is 0 Å². The number of anilines is 1. The highest BCUT2D eigenvalue weighted by Crippen LogP contribution is 2.26. The highest BCUT2D eigenvalue weighted by Gasteiger charge is 2.29. The van der Waals surface area contributed by atoms with Crippen LogP contribution in [0.3, 0.4) is 0 Å². The second kappa shape index (κ2) is 8.69. The molecule has 0 aromatic heterocycles. The number of nitrogens with one attached hydrogen (secondary N) is 1. The molecule has 21 heavy (non-hydrogen) atoms. The van der Waals surface area contributed by atoms with E-state index < -0.39 is 0 Å². The largest absolute Gasteiger partial charge is 0.399 e. The number of likely N-dealkylation sites (N-methyl/N-ethyl adjacent to an activating group) is 1. The minimum atomic E-state index is -0.152. The Morgan fingerprint density at radius 3 is 2.62 bits per heavy atom. The van der Waals surface area contributed by atoms with Crippen molar-refractivity contribution in [3.05, 3.63) is 28.8 Å². The number of amides is 1. The van der Waals surface area contributed by atoms with Crippen LogP contribution in [0.15, 0.2) is 18.2 Å². The van der Waals surface area contributed by atoms with Gasteiger partial charge in [-0.1, -0.05) is 11.6 Å². The van der Waals surface area contributed by atoms with Gasteiger partial charge in [-0.2, -0.15) is 0 Å². The Kier molecular flexibility index (Phi) is 8.41. The lowest BCUT2D eigenvalue weighted by atomic mass is 10.2. The molecule has 3 N–H and O–H groups in total. The zero-order valence-electron chi connectivity index (χ0n) is 12.1. The van der Waals surface area contributed by atoms with Gasteiger partial charge in [0.05, 0.1) is 10.6 Å². The van der Waals surface area contributed by atoms with Crippen LogP contribution in [0, 0.1) is 0 Å². The number of benzene rings is 1. The second-order valence-electron chi connectivity index (χ2n) is 5.19. The zero-order chi connectivity index (χ0) is 14.0. The fourth-order valence-corrected chi connectivity index (χ4v) is 2.31. The lowest BCUT2D eigenvalue weighted by Gasteiger charge is -2.24. The van der Waals surface area contributed by atoms with E-state index in [9.17, 15) is 4.79 Å². The average Bonchev–Trinajstić information content (AvgIpc) is 3.18. The van der Waals surface area contributed by atoms with Crippen LogP contribution in [0.1, 0.15) is 30.1 Å². The van der Waals surface area contributed by atoms with Gasteiger partial charge in [0.25, 0.3) is 5.91 Å². The molecular formula is C14H22Cl3N3O. The fourth-order valence-electron chi connectivity index (χ4n) is 2.04. The van der Waals surface area contributed by atoms with Crippen LogP contribution in [0.4, 0.5) is 5.69 Å². The molecule has 1 saturated carbocycles. The third kappa shape index (κ3) is 5.55. The Morgan fingerprint density at radius 1 is 1.48 bits per heavy atom. The second-order valence-corrected chi connectivity index (χ2v) is 5.60. The summed E-state index contributed by atoms with van der Waals surface area (Å²) in [6, 6.07) is 5.94. The Morgan fingerprint density at radius 2 is 2.10 bits per heavy atom. The van der Waals surface area contributed by atoms with Crippen LogP contribution in [-0.2, 0) is 0 Å². The van der Waals surface area contributed by atoms with Gasteiger partial charge < -0.3 is 11.1 Å². The third-order valence-corrected chi connectivity index (χ3v) is 3.93. The predicted octanol–water partition coefficient (Wildman–Crippen LogP) is 2.98. The molecule has 7 heteroatoms. The topological polar surface area (TPSA) is 58.4 Å². The van der Waals surface area contributed by atoms with Crippen molar-refractivity contribution in [3.8, 4) is 0 Å². The van der Waals surface area contributed by atoms with E-state index in [0.717, 1.165) is 0 Å². The van der Waals surface area contributed by atoms with E-state index in [1.54, 1.807) is 18.2 Å². The van der Waals surface area contributed by atoms with Gasteiger partial charge in [-0.3, -0.25) is 9.69 Å². The van der Waals surface area contributed by atoms with Crippen molar-refractivity contribution in [2.75, 3.05) is 19.3 Å². The predicted molar refractivity (Wildman–Crippen MR) is 92.9 cm³/mol. The molecule has 0 bridgehead atoms. The normalized spacial score (nSPS) is 14.9. The van der Waals surface area contributed by atoms with E-state index in [1.807, 2.05) is 0 Å². The standard InChI is InChI=1S/C14H20ClN3O.2ClH/c1-9(18(2)11-4-5-11)8-17-14(19)12-6-3-10(16)7-13(12)15;;/h3,6-7,9,11H,4-5,8,16H2,1-2H3,(H,17,19);2*1H. The summed E-state index contributed by atoms with van der Waals surface area (Å²) in [5.74, 6) is -0.152. The van der Waals surface area contributed by atoms with Crippen LogP contribution in [-0.4, -0.2) is 36.5 Å². The first-order valence-electron chi connectivity index (χ1n) is 6.54. The highest BCUT2D eigenvalue weighted by molar-refractivity contribution is 6.34. The lowest BCUT2D eigenvalue weighted by molar-refractivity contribution is 0.0939. The molecule has 120 valence electrons. The number of halogens is 3. The SMILES string of the molecule is CC(CNC(=O)c1ccc(N)cc1Cl)N(C)C1CC1.Cl.Cl. The molecule has 1 unspecified atom stereocenters. The molecule has 1 fully saturated rings. The van der Waals surface area contributed by atoms with Crippen LogP contribution in [0.5, 0.6) is 0 Å². The molecule has 0 heterocycles. The molecule has 1 aromatic carbocycles. The Hall–Kier alpha value is -0.680. The number of carbonyl (C=O) groups is 1. The van der Waals surface area contributed by atoms with Crippen molar-refractivity contribution in [1.82, 2.24) is 10.2 Å². The van der Waals surface area contributed by atoms with Gasteiger partial charge in [-0.05, 0) is 45.0 Å². The minimum Gasteiger partial charge on any atom is -0.399 e. The van der Waals surface area contributed by atoms with Crippen molar-refractivity contribution < 1.29 is 4.79 Å². The molecule has 1 aromatic rings. The number of nitrogens with two attached hydrogens (primary N) is 1. The summed E-state index contributed by atoms with van der Waals surface area (Å²) in [4.78, 5) is 14.3. The number of rotatable bonds is 5. The Labute approximate surface area is 143 Å². The monoisotopic (exact) mass is 353 g/mol. The van der Waals surface area contributed by atoms with E-state index >= 15 is 0 Å². The van der Waals surface area contributed by atoms with Crippen LogP contribution >= 0.6 is 36.4 Å². The van der Waals surface area contributed by atoms with E-state index in [0.29, 0.717) is 34.9 Å². The molecule has 4 nitrogen and oxygen atoms in total. The maximum absolute atomic E-state index is 12.0. The van der Waals surface area contributed by atoms with Crippen LogP contribution < -0.4 is 11.1 Å². The third-order valence-electron chi connectivity index (χ3n) is 3.61. The maximum Gasteiger partial charge on any atom is 0.252 e. The molecule has 1 amide bonds. The van der Waals surface area contributed by atoms with Gasteiger partial charge in [0.1, 0.15) is 0 Å². The van der Waals surface area contributed by atoms with Crippen molar-refractivity contribution in [2.24, 2.45) is 0 Å². The molecule has 0 radical (unpaired) electrons. The summed E-state index contributed by atoms with van der Waals surface area (Å²) in [5.41, 5.74) is 6.64. The van der Waals surface area contributed by atoms with Crippen molar-refractivity contribution >= 4 is 48.0 Å². The van der Waals surface area contributed by atoms with Crippen molar-refractivity contribution in [1.29, 1.82) is 0 Å². The number of carbonyl (C=O) groups excluding carboxylic acids is 1. The highest BCUT2D eigenvalue weighted by atomic mass is 35.5. The fraction of sp³-hybridized carbons (Fsp3) is 0.500. The Balaban J connectivity index is 0.00000200. The molecule has 1 aliphatic carbocycles. The first-order chi connectivity index (χ1) is 8.99. The molecule has 0 saturated heterocycles. The van der Waals surface area contributed by atoms with Crippen LogP contribution in [0.2, 0.25) is 5.02 Å². The van der Waals surface area contributed by atoms with Gasteiger partial charge in [0, 0.05) is 24.3 Å². The van der Waals surface area contributed by atoms with Crippen molar-refractivity contribution in [3.63, 3.8) is 0 Å². The zero-order valence-corrected chi connectivity index (χ0v) is 14.5. The summed E-state index contributed by atoms with van der Waals surface area (Å²) in [6.07, 6.45) is 2.52. The summed E-state index contributed by atoms with van der Waals surface area (Å²) < 4.78 is 0. The van der Waals surface area contributed by atoms with Gasteiger partial charge in [0.15, 0.2) is 0 Å². The summed E-state index contributed by atoms with van der Waals surface area (Å²) in [5, 5.41) is 3.31. The van der Waals surface area contributed by atoms with E-state index in [4.69, 9.17) is 17.3 Å². The van der Waals surface area contributed by atoms with E-state index in [2.05, 4.69) is 24.2 Å². The summed E-state index contributed by atoms with van der Waals surface area (Å²) in [6.45, 7) is 2.73. The number of hydrogen-bond acceptors (Lipinski definition) is 3. The first kappa shape index (κ1) is 20.3. The number of nitrogen functional groups attached to an aromatic ring is 1. The maximum atomic E-state index is 12.0. The number of nitrogens with zero attached hydrogens (tertiary/aromatic N) is 1. The average molecular weight is 355 g/mol. The van der Waals surface area contributed by atoms with Crippen LogP contribution in [0.25, 0.3) is 0 Å². The van der Waals surface area contributed by atoms with Crippen molar-refractivity contribution in [2.45, 2.75) is 31.8 Å². The minimum absolute atomic E-state index is 0. The molecule has 2 rings (SSSR count). The molecule has 0 aliphatic heterocycles. The molecule has 1 aliphatic rings. The Bertz CT molecular complexity index is 481.